The summed E-state index contributed by atoms with van der Waals surface area (Å²) in [5.41, 5.74) is 1.96. The van der Waals surface area contributed by atoms with Crippen LogP contribution >= 0.6 is 0 Å². The molecule has 0 atom stereocenters. The molecule has 2 aliphatic rings. The van der Waals surface area contributed by atoms with Crippen molar-refractivity contribution in [3.63, 3.8) is 0 Å². The molecule has 1 fully saturated rings. The van der Waals surface area contributed by atoms with Gasteiger partial charge in [0.05, 0.1) is 5.69 Å². The van der Waals surface area contributed by atoms with Crippen LogP contribution in [-0.2, 0) is 0 Å². The minimum absolute atomic E-state index is 0.109. The minimum atomic E-state index is -0.579. The zero-order valence-corrected chi connectivity index (χ0v) is 18.5. The second-order valence-corrected chi connectivity index (χ2v) is 8.35. The predicted molar refractivity (Wildman–Crippen MR) is 127 cm³/mol. The lowest BCUT2D eigenvalue weighted by Crippen LogP contribution is -2.47. The minimum Gasteiger partial charge on any atom is -0.454 e. The van der Waals surface area contributed by atoms with Crippen LogP contribution in [-0.4, -0.2) is 52.5 Å². The standard InChI is InChI=1S/C24H22N6O4/c1-15-2-4-16(5-3-15)28-8-10-29(11-9-28)23-25-13-18-21(26-23)27-24(32)30(22(18)31)17-6-7-19-20(12-17)34-14-33-19/h2-7,12-13H,8-11,14H2,1H3,(H,25,26,27,32). The van der Waals surface area contributed by atoms with Gasteiger partial charge in [0.1, 0.15) is 5.39 Å². The van der Waals surface area contributed by atoms with E-state index in [1.807, 2.05) is 0 Å². The summed E-state index contributed by atoms with van der Waals surface area (Å²) in [6.07, 6.45) is 1.48. The summed E-state index contributed by atoms with van der Waals surface area (Å²) in [6, 6.07) is 13.4. The normalized spacial score (nSPS) is 15.2. The summed E-state index contributed by atoms with van der Waals surface area (Å²) in [5.74, 6) is 1.55. The highest BCUT2D eigenvalue weighted by Crippen LogP contribution is 2.33. The van der Waals surface area contributed by atoms with E-state index in [4.69, 9.17) is 9.47 Å². The maximum absolute atomic E-state index is 13.1. The molecule has 10 heteroatoms. The van der Waals surface area contributed by atoms with E-state index in [0.717, 1.165) is 30.7 Å². The molecule has 2 aromatic heterocycles. The van der Waals surface area contributed by atoms with Crippen LogP contribution in [0.2, 0.25) is 0 Å². The lowest BCUT2D eigenvalue weighted by molar-refractivity contribution is 0.174. The molecule has 0 unspecified atom stereocenters. The van der Waals surface area contributed by atoms with Crippen LogP contribution in [0, 0.1) is 6.92 Å². The van der Waals surface area contributed by atoms with Gasteiger partial charge in [0.15, 0.2) is 17.1 Å². The molecule has 2 aromatic carbocycles. The quantitative estimate of drug-likeness (QED) is 0.496. The van der Waals surface area contributed by atoms with Crippen molar-refractivity contribution in [2.45, 2.75) is 6.92 Å². The summed E-state index contributed by atoms with van der Waals surface area (Å²) in [4.78, 5) is 42.0. The summed E-state index contributed by atoms with van der Waals surface area (Å²) in [7, 11) is 0. The van der Waals surface area contributed by atoms with Crippen molar-refractivity contribution in [1.82, 2.24) is 19.5 Å². The number of piperazine rings is 1. The highest BCUT2D eigenvalue weighted by Gasteiger charge is 2.21. The zero-order valence-electron chi connectivity index (χ0n) is 18.5. The second-order valence-electron chi connectivity index (χ2n) is 8.35. The predicted octanol–water partition coefficient (Wildman–Crippen LogP) is 1.83. The molecule has 34 heavy (non-hydrogen) atoms. The van der Waals surface area contributed by atoms with Crippen LogP contribution in [0.3, 0.4) is 0 Å². The van der Waals surface area contributed by atoms with Gasteiger partial charge in [0, 0.05) is 44.1 Å². The van der Waals surface area contributed by atoms with Gasteiger partial charge >= 0.3 is 5.69 Å². The number of hydrogen-bond donors (Lipinski definition) is 1. The molecular weight excluding hydrogens is 436 g/mol. The molecule has 0 radical (unpaired) electrons. The summed E-state index contributed by atoms with van der Waals surface area (Å²) in [5, 5.41) is 0.235. The number of nitrogens with one attached hydrogen (secondary N) is 1. The van der Waals surface area contributed by atoms with Crippen LogP contribution in [0.25, 0.3) is 16.7 Å². The lowest BCUT2D eigenvalue weighted by Gasteiger charge is -2.36. The first-order chi connectivity index (χ1) is 16.6. The van der Waals surface area contributed by atoms with Crippen molar-refractivity contribution in [3.8, 4) is 17.2 Å². The molecule has 1 N–H and O–H groups in total. The number of rotatable bonds is 3. The fourth-order valence-corrected chi connectivity index (χ4v) is 4.33. The first-order valence-electron chi connectivity index (χ1n) is 11.1. The molecule has 4 heterocycles. The Kier molecular flexibility index (Phi) is 4.72. The Morgan fingerprint density at radius 2 is 1.59 bits per heavy atom. The van der Waals surface area contributed by atoms with Crippen molar-refractivity contribution in [2.24, 2.45) is 0 Å². The van der Waals surface area contributed by atoms with Crippen molar-refractivity contribution < 1.29 is 9.47 Å². The Morgan fingerprint density at radius 3 is 2.38 bits per heavy atom. The maximum Gasteiger partial charge on any atom is 0.334 e. The molecule has 0 saturated carbocycles. The SMILES string of the molecule is Cc1ccc(N2CCN(c3ncc4c(=O)n(-c5ccc6c(c5)OCO6)c(=O)[nH]c4n3)CC2)cc1. The number of ether oxygens (including phenoxy) is 2. The van der Waals surface area contributed by atoms with E-state index in [1.165, 1.54) is 17.4 Å². The van der Waals surface area contributed by atoms with Gasteiger partial charge in [0.2, 0.25) is 12.7 Å². The third-order valence-electron chi connectivity index (χ3n) is 6.21. The van der Waals surface area contributed by atoms with Crippen molar-refractivity contribution in [2.75, 3.05) is 42.8 Å². The number of benzene rings is 2. The van der Waals surface area contributed by atoms with Crippen molar-refractivity contribution in [3.05, 3.63) is 75.1 Å². The average molecular weight is 458 g/mol. The molecule has 2 aliphatic heterocycles. The molecular formula is C24H22N6O4. The Balaban J connectivity index is 1.28. The number of nitrogens with zero attached hydrogens (tertiary/aromatic N) is 5. The monoisotopic (exact) mass is 458 g/mol. The largest absolute Gasteiger partial charge is 0.454 e. The Morgan fingerprint density at radius 1 is 0.882 bits per heavy atom. The maximum atomic E-state index is 13.1. The van der Waals surface area contributed by atoms with Gasteiger partial charge < -0.3 is 19.3 Å². The number of H-pyrrole nitrogens is 1. The smallest absolute Gasteiger partial charge is 0.334 e. The fourth-order valence-electron chi connectivity index (χ4n) is 4.33. The van der Waals surface area contributed by atoms with Gasteiger partial charge in [-0.05, 0) is 31.2 Å². The highest BCUT2D eigenvalue weighted by atomic mass is 16.7. The molecule has 0 aliphatic carbocycles. The highest BCUT2D eigenvalue weighted by molar-refractivity contribution is 5.74. The summed E-state index contributed by atoms with van der Waals surface area (Å²) >= 11 is 0. The molecule has 4 aromatic rings. The second kappa shape index (κ2) is 7.91. The topological polar surface area (TPSA) is 106 Å². The molecule has 172 valence electrons. The van der Waals surface area contributed by atoms with Crippen LogP contribution in [0.5, 0.6) is 11.5 Å². The third kappa shape index (κ3) is 3.43. The summed E-state index contributed by atoms with van der Waals surface area (Å²) in [6.45, 7) is 5.31. The van der Waals surface area contributed by atoms with E-state index in [9.17, 15) is 9.59 Å². The van der Waals surface area contributed by atoms with E-state index in [1.54, 1.807) is 18.2 Å². The van der Waals surface area contributed by atoms with Crippen molar-refractivity contribution in [1.29, 1.82) is 0 Å². The number of aromatic nitrogens is 4. The van der Waals surface area contributed by atoms with Gasteiger partial charge in [-0.3, -0.25) is 9.78 Å². The molecule has 0 bridgehead atoms. The first kappa shape index (κ1) is 20.3. The molecule has 0 spiro atoms. The van der Waals surface area contributed by atoms with E-state index in [2.05, 4.69) is 55.9 Å². The van der Waals surface area contributed by atoms with Crippen LogP contribution < -0.4 is 30.5 Å². The van der Waals surface area contributed by atoms with Crippen molar-refractivity contribution >= 4 is 22.7 Å². The van der Waals surface area contributed by atoms with Gasteiger partial charge in [-0.1, -0.05) is 17.7 Å². The average Bonchev–Trinajstić information content (AvgIpc) is 3.32. The molecule has 6 rings (SSSR count). The zero-order chi connectivity index (χ0) is 23.2. The number of hydrogen-bond acceptors (Lipinski definition) is 8. The van der Waals surface area contributed by atoms with Gasteiger partial charge in [-0.25, -0.2) is 14.3 Å². The Bertz CT molecular complexity index is 1500. The third-order valence-corrected chi connectivity index (χ3v) is 6.21. The fraction of sp³-hybridized carbons (Fsp3) is 0.250. The van der Waals surface area contributed by atoms with Gasteiger partial charge in [-0.15, -0.1) is 0 Å². The van der Waals surface area contributed by atoms with Crippen LogP contribution in [0.4, 0.5) is 11.6 Å². The molecule has 0 amide bonds. The van der Waals surface area contributed by atoms with E-state index in [0.29, 0.717) is 23.1 Å². The number of fused-ring (bicyclic) bond motifs is 2. The van der Waals surface area contributed by atoms with E-state index in [-0.39, 0.29) is 17.8 Å². The molecule has 1 saturated heterocycles. The van der Waals surface area contributed by atoms with Gasteiger partial charge in [-0.2, -0.15) is 4.98 Å². The van der Waals surface area contributed by atoms with E-state index < -0.39 is 11.2 Å². The number of aryl methyl sites for hydroxylation is 1. The van der Waals surface area contributed by atoms with Gasteiger partial charge in [0.25, 0.3) is 5.56 Å². The summed E-state index contributed by atoms with van der Waals surface area (Å²) < 4.78 is 11.7. The Hall–Kier alpha value is -4.34. The van der Waals surface area contributed by atoms with Crippen LogP contribution in [0.15, 0.2) is 58.3 Å². The Labute approximate surface area is 194 Å². The number of anilines is 2. The van der Waals surface area contributed by atoms with E-state index >= 15 is 0 Å². The van der Waals surface area contributed by atoms with Crippen LogP contribution in [0.1, 0.15) is 5.56 Å². The first-order valence-corrected chi connectivity index (χ1v) is 11.1. The lowest BCUT2D eigenvalue weighted by atomic mass is 10.2. The molecule has 10 nitrogen and oxygen atoms in total. The number of aromatic amines is 1.